The molecular formula is C24H26N6O. The second kappa shape index (κ2) is 8.50. The van der Waals surface area contributed by atoms with Crippen molar-refractivity contribution in [2.75, 3.05) is 26.2 Å². The van der Waals surface area contributed by atoms with E-state index in [1.165, 1.54) is 18.4 Å². The van der Waals surface area contributed by atoms with Gasteiger partial charge in [0.1, 0.15) is 5.75 Å². The normalized spacial score (nSPS) is 16.8. The zero-order valence-electron chi connectivity index (χ0n) is 17.7. The highest BCUT2D eigenvalue weighted by Gasteiger charge is 2.27. The second-order valence-electron chi connectivity index (χ2n) is 8.31. The SMILES string of the molecule is Cn1nc(C2CC2)cc1Oc1cc(C#N)ccc1-c1ccc(CN2CCNCC2)cn1. The van der Waals surface area contributed by atoms with Gasteiger partial charge in [-0.2, -0.15) is 10.4 Å². The minimum atomic E-state index is 0.554. The van der Waals surface area contributed by atoms with Crippen LogP contribution in [0.15, 0.2) is 42.6 Å². The average molecular weight is 415 g/mol. The Kier molecular flexibility index (Phi) is 5.41. The number of pyridine rings is 1. The third kappa shape index (κ3) is 4.46. The summed E-state index contributed by atoms with van der Waals surface area (Å²) in [4.78, 5) is 7.14. The number of piperazine rings is 1. The largest absolute Gasteiger partial charge is 0.439 e. The first-order valence-corrected chi connectivity index (χ1v) is 10.8. The van der Waals surface area contributed by atoms with Crippen LogP contribution in [0.5, 0.6) is 11.6 Å². The predicted molar refractivity (Wildman–Crippen MR) is 118 cm³/mol. The Bertz CT molecular complexity index is 1100. The standard InChI is InChI=1S/C24H26N6O/c1-29-24(13-22(28-29)19-4-5-19)31-23-12-17(14-25)2-6-20(23)21-7-3-18(15-27-21)16-30-10-8-26-9-11-30/h2-3,6-7,12-13,15,19,26H,4-5,8-11,16H2,1H3. The van der Waals surface area contributed by atoms with Gasteiger partial charge in [0.25, 0.3) is 0 Å². The molecule has 31 heavy (non-hydrogen) atoms. The van der Waals surface area contributed by atoms with Crippen LogP contribution in [0.3, 0.4) is 0 Å². The molecule has 1 aromatic carbocycles. The Balaban J connectivity index is 1.40. The molecule has 1 aliphatic carbocycles. The number of rotatable bonds is 6. The fraction of sp³-hybridized carbons (Fsp3) is 0.375. The quantitative estimate of drug-likeness (QED) is 0.666. The van der Waals surface area contributed by atoms with Crippen LogP contribution in [0.1, 0.15) is 35.6 Å². The van der Waals surface area contributed by atoms with Crippen LogP contribution in [0, 0.1) is 11.3 Å². The molecule has 5 rings (SSSR count). The van der Waals surface area contributed by atoms with Crippen LogP contribution >= 0.6 is 0 Å². The third-order valence-corrected chi connectivity index (χ3v) is 5.89. The van der Waals surface area contributed by atoms with Crippen LogP contribution in [-0.2, 0) is 13.6 Å². The molecule has 0 unspecified atom stereocenters. The van der Waals surface area contributed by atoms with Crippen molar-refractivity contribution in [1.29, 1.82) is 5.26 Å². The van der Waals surface area contributed by atoms with E-state index in [1.54, 1.807) is 16.8 Å². The van der Waals surface area contributed by atoms with Gasteiger partial charge in [0.15, 0.2) is 0 Å². The lowest BCUT2D eigenvalue weighted by molar-refractivity contribution is 0.233. The molecule has 2 aliphatic rings. The number of ether oxygens (including phenoxy) is 1. The summed E-state index contributed by atoms with van der Waals surface area (Å²) in [5.41, 5.74) is 4.52. The molecule has 2 aromatic heterocycles. The molecule has 1 saturated carbocycles. The average Bonchev–Trinajstić information content (AvgIpc) is 3.59. The van der Waals surface area contributed by atoms with Crippen LogP contribution in [0.2, 0.25) is 0 Å². The highest BCUT2D eigenvalue weighted by Crippen LogP contribution is 2.41. The van der Waals surface area contributed by atoms with Crippen molar-refractivity contribution in [3.05, 3.63) is 59.4 Å². The molecule has 3 heterocycles. The second-order valence-corrected chi connectivity index (χ2v) is 8.31. The Labute approximate surface area is 182 Å². The zero-order chi connectivity index (χ0) is 21.2. The molecule has 0 atom stereocenters. The summed E-state index contributed by atoms with van der Waals surface area (Å²) < 4.78 is 8.01. The summed E-state index contributed by atoms with van der Waals surface area (Å²) in [6.07, 6.45) is 4.32. The van der Waals surface area contributed by atoms with Gasteiger partial charge in [-0.15, -0.1) is 0 Å². The van der Waals surface area contributed by atoms with Crippen LogP contribution < -0.4 is 10.1 Å². The lowest BCUT2D eigenvalue weighted by atomic mass is 10.1. The Morgan fingerprint density at radius 3 is 2.71 bits per heavy atom. The van der Waals surface area contributed by atoms with Crippen molar-refractivity contribution >= 4 is 0 Å². The fourth-order valence-electron chi connectivity index (χ4n) is 3.95. The summed E-state index contributed by atoms with van der Waals surface area (Å²) in [7, 11) is 1.89. The first-order valence-electron chi connectivity index (χ1n) is 10.8. The lowest BCUT2D eigenvalue weighted by Crippen LogP contribution is -2.42. The molecule has 1 N–H and O–H groups in total. The maximum absolute atomic E-state index is 9.37. The smallest absolute Gasteiger partial charge is 0.217 e. The first kappa shape index (κ1) is 19.7. The van der Waals surface area contributed by atoms with Crippen molar-refractivity contribution in [3.8, 4) is 29.0 Å². The van der Waals surface area contributed by atoms with Gasteiger partial charge in [0.2, 0.25) is 5.88 Å². The van der Waals surface area contributed by atoms with Crippen molar-refractivity contribution < 1.29 is 4.74 Å². The fourth-order valence-corrected chi connectivity index (χ4v) is 3.95. The van der Waals surface area contributed by atoms with Crippen LogP contribution in [-0.4, -0.2) is 45.8 Å². The van der Waals surface area contributed by atoms with Gasteiger partial charge >= 0.3 is 0 Å². The van der Waals surface area contributed by atoms with E-state index in [-0.39, 0.29) is 0 Å². The number of nitrogens with one attached hydrogen (secondary N) is 1. The van der Waals surface area contributed by atoms with Gasteiger partial charge in [-0.25, -0.2) is 4.68 Å². The summed E-state index contributed by atoms with van der Waals surface area (Å²) in [6, 6.07) is 13.8. The van der Waals surface area contributed by atoms with Crippen molar-refractivity contribution in [1.82, 2.24) is 25.0 Å². The number of nitriles is 1. The van der Waals surface area contributed by atoms with E-state index in [0.29, 0.717) is 23.1 Å². The van der Waals surface area contributed by atoms with E-state index < -0.39 is 0 Å². The van der Waals surface area contributed by atoms with Crippen molar-refractivity contribution in [2.45, 2.75) is 25.3 Å². The molecule has 0 bridgehead atoms. The van der Waals surface area contributed by atoms with Gasteiger partial charge < -0.3 is 10.1 Å². The number of hydrogen-bond donors (Lipinski definition) is 1. The van der Waals surface area contributed by atoms with E-state index in [2.05, 4.69) is 27.5 Å². The maximum Gasteiger partial charge on any atom is 0.217 e. The Morgan fingerprint density at radius 2 is 2.00 bits per heavy atom. The van der Waals surface area contributed by atoms with Gasteiger partial charge in [-0.1, -0.05) is 6.07 Å². The number of aryl methyl sites for hydroxylation is 1. The zero-order valence-corrected chi connectivity index (χ0v) is 17.7. The molecule has 1 saturated heterocycles. The third-order valence-electron chi connectivity index (χ3n) is 5.89. The summed E-state index contributed by atoms with van der Waals surface area (Å²) >= 11 is 0. The highest BCUT2D eigenvalue weighted by atomic mass is 16.5. The minimum Gasteiger partial charge on any atom is -0.439 e. The molecule has 7 heteroatoms. The lowest BCUT2D eigenvalue weighted by Gasteiger charge is -2.27. The predicted octanol–water partition coefficient (Wildman–Crippen LogP) is 3.43. The van der Waals surface area contributed by atoms with E-state index in [9.17, 15) is 5.26 Å². The van der Waals surface area contributed by atoms with E-state index in [4.69, 9.17) is 9.72 Å². The van der Waals surface area contributed by atoms with E-state index in [0.717, 1.165) is 49.7 Å². The summed E-state index contributed by atoms with van der Waals surface area (Å²) in [5.74, 6) is 1.85. The molecule has 0 spiro atoms. The van der Waals surface area contributed by atoms with Gasteiger partial charge in [0, 0.05) is 63.5 Å². The molecule has 7 nitrogen and oxygen atoms in total. The topological polar surface area (TPSA) is 79.0 Å². The van der Waals surface area contributed by atoms with Crippen LogP contribution in [0.25, 0.3) is 11.3 Å². The maximum atomic E-state index is 9.37. The summed E-state index contributed by atoms with van der Waals surface area (Å²) in [5, 5.41) is 17.3. The van der Waals surface area contributed by atoms with E-state index >= 15 is 0 Å². The summed E-state index contributed by atoms with van der Waals surface area (Å²) in [6.45, 7) is 5.10. The van der Waals surface area contributed by atoms with Gasteiger partial charge in [0.05, 0.1) is 23.0 Å². The minimum absolute atomic E-state index is 0.554. The monoisotopic (exact) mass is 414 g/mol. The van der Waals surface area contributed by atoms with Gasteiger partial charge in [-0.3, -0.25) is 9.88 Å². The molecular weight excluding hydrogens is 388 g/mol. The molecule has 1 aliphatic heterocycles. The number of aromatic nitrogens is 3. The Morgan fingerprint density at radius 1 is 1.16 bits per heavy atom. The molecule has 2 fully saturated rings. The first-order chi connectivity index (χ1) is 15.2. The Hall–Kier alpha value is -3.21. The van der Waals surface area contributed by atoms with Gasteiger partial charge in [-0.05, 0) is 42.7 Å². The van der Waals surface area contributed by atoms with Crippen molar-refractivity contribution in [3.63, 3.8) is 0 Å². The van der Waals surface area contributed by atoms with Crippen molar-refractivity contribution in [2.24, 2.45) is 7.05 Å². The number of nitrogens with zero attached hydrogens (tertiary/aromatic N) is 5. The molecule has 158 valence electrons. The molecule has 3 aromatic rings. The number of benzene rings is 1. The number of hydrogen-bond acceptors (Lipinski definition) is 6. The van der Waals surface area contributed by atoms with Crippen LogP contribution in [0.4, 0.5) is 0 Å². The highest BCUT2D eigenvalue weighted by molar-refractivity contribution is 5.69. The molecule has 0 radical (unpaired) electrons. The van der Waals surface area contributed by atoms with E-state index in [1.807, 2.05) is 31.4 Å². The molecule has 0 amide bonds.